The van der Waals surface area contributed by atoms with E-state index in [2.05, 4.69) is 45.9 Å². The Morgan fingerprint density at radius 2 is 2.16 bits per heavy atom. The molecule has 0 amide bonds. The molecule has 0 aliphatic rings. The van der Waals surface area contributed by atoms with E-state index in [0.717, 1.165) is 15.9 Å². The van der Waals surface area contributed by atoms with Gasteiger partial charge in [0.25, 0.3) is 0 Å². The van der Waals surface area contributed by atoms with E-state index in [-0.39, 0.29) is 6.04 Å². The Kier molecular flexibility index (Phi) is 4.06. The van der Waals surface area contributed by atoms with Crippen molar-refractivity contribution in [2.75, 3.05) is 0 Å². The standard InChI is InChI=1S/C14H19BrN4/c1-10(2)19-13(17-9-18-19)8-14(3,16)11-5-4-6-12(15)7-11/h4-7,9-10H,8,16H2,1-3H3. The van der Waals surface area contributed by atoms with Gasteiger partial charge in [-0.15, -0.1) is 0 Å². The van der Waals surface area contributed by atoms with Crippen molar-refractivity contribution in [2.45, 2.75) is 38.8 Å². The van der Waals surface area contributed by atoms with Gasteiger partial charge in [-0.25, -0.2) is 9.67 Å². The summed E-state index contributed by atoms with van der Waals surface area (Å²) in [6.45, 7) is 6.20. The Labute approximate surface area is 122 Å². The zero-order valence-electron chi connectivity index (χ0n) is 11.5. The van der Waals surface area contributed by atoms with Gasteiger partial charge < -0.3 is 5.73 Å². The van der Waals surface area contributed by atoms with Gasteiger partial charge in [-0.3, -0.25) is 0 Å². The number of benzene rings is 1. The van der Waals surface area contributed by atoms with E-state index >= 15 is 0 Å². The van der Waals surface area contributed by atoms with Crippen molar-refractivity contribution < 1.29 is 0 Å². The summed E-state index contributed by atoms with van der Waals surface area (Å²) in [7, 11) is 0. The smallest absolute Gasteiger partial charge is 0.138 e. The third-order valence-electron chi connectivity index (χ3n) is 3.15. The predicted molar refractivity (Wildman–Crippen MR) is 79.8 cm³/mol. The van der Waals surface area contributed by atoms with Gasteiger partial charge in [-0.05, 0) is 38.5 Å². The lowest BCUT2D eigenvalue weighted by atomic mass is 9.89. The molecule has 0 fully saturated rings. The Bertz CT molecular complexity index is 560. The van der Waals surface area contributed by atoms with Crippen LogP contribution in [0.5, 0.6) is 0 Å². The average Bonchev–Trinajstić information content (AvgIpc) is 2.76. The molecule has 19 heavy (non-hydrogen) atoms. The van der Waals surface area contributed by atoms with Gasteiger partial charge in [0.1, 0.15) is 12.2 Å². The molecule has 0 bridgehead atoms. The lowest BCUT2D eigenvalue weighted by Gasteiger charge is -2.25. The van der Waals surface area contributed by atoms with E-state index in [1.807, 2.05) is 29.8 Å². The second-order valence-electron chi connectivity index (χ2n) is 5.32. The van der Waals surface area contributed by atoms with Crippen molar-refractivity contribution >= 4 is 15.9 Å². The van der Waals surface area contributed by atoms with Crippen LogP contribution in [0.1, 0.15) is 38.2 Å². The minimum absolute atomic E-state index is 0.288. The molecule has 1 heterocycles. The third-order valence-corrected chi connectivity index (χ3v) is 3.64. The minimum atomic E-state index is -0.469. The summed E-state index contributed by atoms with van der Waals surface area (Å²) in [4.78, 5) is 4.33. The van der Waals surface area contributed by atoms with Gasteiger partial charge in [0.15, 0.2) is 0 Å². The highest BCUT2D eigenvalue weighted by Crippen LogP contribution is 2.25. The Morgan fingerprint density at radius 1 is 1.42 bits per heavy atom. The maximum atomic E-state index is 6.47. The zero-order chi connectivity index (χ0) is 14.0. The summed E-state index contributed by atoms with van der Waals surface area (Å²) in [6, 6.07) is 8.38. The molecule has 4 nitrogen and oxygen atoms in total. The Hall–Kier alpha value is -1.20. The molecule has 0 aliphatic carbocycles. The molecular formula is C14H19BrN4. The van der Waals surface area contributed by atoms with Gasteiger partial charge in [0.05, 0.1) is 0 Å². The lowest BCUT2D eigenvalue weighted by Crippen LogP contribution is -2.36. The first-order valence-corrected chi connectivity index (χ1v) is 7.13. The topological polar surface area (TPSA) is 56.7 Å². The van der Waals surface area contributed by atoms with Crippen LogP contribution in [0.2, 0.25) is 0 Å². The van der Waals surface area contributed by atoms with Crippen LogP contribution in [0.15, 0.2) is 35.1 Å². The molecule has 1 aromatic heterocycles. The molecule has 0 saturated heterocycles. The van der Waals surface area contributed by atoms with Crippen LogP contribution < -0.4 is 5.73 Å². The van der Waals surface area contributed by atoms with Crippen LogP contribution in [0.4, 0.5) is 0 Å². The quantitative estimate of drug-likeness (QED) is 0.941. The predicted octanol–water partition coefficient (Wildman–Crippen LogP) is 3.04. The maximum Gasteiger partial charge on any atom is 0.138 e. The Balaban J connectivity index is 2.28. The highest BCUT2D eigenvalue weighted by atomic mass is 79.9. The number of nitrogens with two attached hydrogens (primary N) is 1. The fourth-order valence-corrected chi connectivity index (χ4v) is 2.51. The lowest BCUT2D eigenvalue weighted by molar-refractivity contribution is 0.433. The molecule has 102 valence electrons. The van der Waals surface area contributed by atoms with E-state index in [0.29, 0.717) is 6.42 Å². The van der Waals surface area contributed by atoms with E-state index in [9.17, 15) is 0 Å². The fraction of sp³-hybridized carbons (Fsp3) is 0.429. The highest BCUT2D eigenvalue weighted by Gasteiger charge is 2.25. The van der Waals surface area contributed by atoms with Gasteiger partial charge >= 0.3 is 0 Å². The molecule has 1 aromatic carbocycles. The van der Waals surface area contributed by atoms with Crippen molar-refractivity contribution in [1.29, 1.82) is 0 Å². The molecule has 0 radical (unpaired) electrons. The zero-order valence-corrected chi connectivity index (χ0v) is 13.1. The van der Waals surface area contributed by atoms with Gasteiger partial charge in [-0.2, -0.15) is 5.10 Å². The molecule has 1 unspecified atom stereocenters. The van der Waals surface area contributed by atoms with Crippen LogP contribution in [-0.4, -0.2) is 14.8 Å². The normalized spacial score (nSPS) is 14.6. The molecular weight excluding hydrogens is 304 g/mol. The summed E-state index contributed by atoms with van der Waals surface area (Å²) >= 11 is 3.48. The van der Waals surface area contributed by atoms with Crippen LogP contribution in [0, 0.1) is 0 Å². The number of aromatic nitrogens is 3. The van der Waals surface area contributed by atoms with E-state index in [1.54, 1.807) is 6.33 Å². The van der Waals surface area contributed by atoms with Gasteiger partial charge in [0, 0.05) is 22.5 Å². The minimum Gasteiger partial charge on any atom is -0.321 e. The molecule has 5 heteroatoms. The summed E-state index contributed by atoms with van der Waals surface area (Å²) in [5.41, 5.74) is 7.08. The molecule has 2 N–H and O–H groups in total. The monoisotopic (exact) mass is 322 g/mol. The summed E-state index contributed by atoms with van der Waals surface area (Å²) in [5.74, 6) is 0.917. The molecule has 1 atom stereocenters. The van der Waals surface area contributed by atoms with E-state index in [4.69, 9.17) is 5.73 Å². The molecule has 2 aromatic rings. The van der Waals surface area contributed by atoms with E-state index in [1.165, 1.54) is 0 Å². The second-order valence-corrected chi connectivity index (χ2v) is 6.23. The Morgan fingerprint density at radius 3 is 2.79 bits per heavy atom. The van der Waals surface area contributed by atoms with E-state index < -0.39 is 5.54 Å². The number of halogens is 1. The summed E-state index contributed by atoms with van der Waals surface area (Å²) < 4.78 is 2.95. The number of nitrogens with zero attached hydrogens (tertiary/aromatic N) is 3. The SMILES string of the molecule is CC(C)n1ncnc1CC(C)(N)c1cccc(Br)c1. The molecule has 2 rings (SSSR count). The number of hydrogen-bond donors (Lipinski definition) is 1. The number of hydrogen-bond acceptors (Lipinski definition) is 3. The molecule has 0 saturated carbocycles. The largest absolute Gasteiger partial charge is 0.321 e. The van der Waals surface area contributed by atoms with Crippen molar-refractivity contribution in [3.05, 3.63) is 46.5 Å². The van der Waals surface area contributed by atoms with Crippen molar-refractivity contribution in [1.82, 2.24) is 14.8 Å². The highest BCUT2D eigenvalue weighted by molar-refractivity contribution is 9.10. The second kappa shape index (κ2) is 5.43. The van der Waals surface area contributed by atoms with Gasteiger partial charge in [-0.1, -0.05) is 28.1 Å². The summed E-state index contributed by atoms with van der Waals surface area (Å²) in [5, 5.41) is 4.25. The third kappa shape index (κ3) is 3.22. The van der Waals surface area contributed by atoms with Crippen LogP contribution in [0.25, 0.3) is 0 Å². The van der Waals surface area contributed by atoms with Crippen LogP contribution in [0.3, 0.4) is 0 Å². The molecule has 0 aliphatic heterocycles. The summed E-state index contributed by atoms with van der Waals surface area (Å²) in [6.07, 6.45) is 2.24. The molecule has 0 spiro atoms. The van der Waals surface area contributed by atoms with Gasteiger partial charge in [0.2, 0.25) is 0 Å². The van der Waals surface area contributed by atoms with Crippen LogP contribution in [-0.2, 0) is 12.0 Å². The van der Waals surface area contributed by atoms with Crippen LogP contribution >= 0.6 is 15.9 Å². The first kappa shape index (κ1) is 14.2. The fourth-order valence-electron chi connectivity index (χ4n) is 2.11. The van der Waals surface area contributed by atoms with Crippen molar-refractivity contribution in [3.63, 3.8) is 0 Å². The average molecular weight is 323 g/mol. The van der Waals surface area contributed by atoms with Crippen molar-refractivity contribution in [3.8, 4) is 0 Å². The first-order valence-electron chi connectivity index (χ1n) is 6.33. The van der Waals surface area contributed by atoms with Crippen molar-refractivity contribution in [2.24, 2.45) is 5.73 Å². The first-order chi connectivity index (χ1) is 8.90. The maximum absolute atomic E-state index is 6.47. The number of rotatable bonds is 4.